The lowest BCUT2D eigenvalue weighted by Crippen LogP contribution is -2.21. The van der Waals surface area contributed by atoms with Gasteiger partial charge in [0.25, 0.3) is 5.91 Å². The zero-order valence-corrected chi connectivity index (χ0v) is 26.3. The summed E-state index contributed by atoms with van der Waals surface area (Å²) in [4.78, 5) is 25.4. The molecule has 4 aliphatic heterocycles. The lowest BCUT2D eigenvalue weighted by molar-refractivity contribution is -0.137. The quantitative estimate of drug-likeness (QED) is 0.219. The Morgan fingerprint density at radius 1 is 1.15 bits per heavy atom. The fourth-order valence-electron chi connectivity index (χ4n) is 4.82. The number of carbonyl (C=O) groups is 1. The van der Waals surface area contributed by atoms with Crippen LogP contribution in [0.15, 0.2) is 42.7 Å². The largest absolute Gasteiger partial charge is 0.495 e. The fraction of sp³-hybridized carbons (Fsp3) is 0.345. The van der Waals surface area contributed by atoms with Crippen molar-refractivity contribution in [3.63, 3.8) is 0 Å². The van der Waals surface area contributed by atoms with Crippen LogP contribution in [0.5, 0.6) is 5.75 Å². The number of rotatable bonds is 4. The predicted octanol–water partition coefficient (Wildman–Crippen LogP) is 6.07. The van der Waals surface area contributed by atoms with Crippen molar-refractivity contribution in [3.8, 4) is 17.0 Å². The molecule has 3 N–H and O–H groups in total. The molecule has 13 nitrogen and oxygen atoms in total. The molecule has 0 fully saturated rings. The van der Waals surface area contributed by atoms with E-state index in [1.54, 1.807) is 42.1 Å². The summed E-state index contributed by atoms with van der Waals surface area (Å²) in [5.74, 6) is -1.15. The number of hydrogen-bond donors (Lipinski definition) is 3. The van der Waals surface area contributed by atoms with E-state index in [0.717, 1.165) is 5.69 Å². The van der Waals surface area contributed by atoms with Crippen molar-refractivity contribution in [2.75, 3.05) is 38.0 Å². The van der Waals surface area contributed by atoms with Crippen molar-refractivity contribution in [2.24, 2.45) is 0 Å². The topological polar surface area (TPSA) is 154 Å². The molecule has 244 valence electrons. The van der Waals surface area contributed by atoms with E-state index < -0.39 is 31.1 Å². The molecule has 46 heavy (non-hydrogen) atoms. The lowest BCUT2D eigenvalue weighted by Gasteiger charge is -2.19. The second-order valence-corrected chi connectivity index (χ2v) is 12.2. The van der Waals surface area contributed by atoms with Crippen LogP contribution in [0, 0.1) is 6.92 Å². The number of pyridine rings is 1. The third-order valence-corrected chi connectivity index (χ3v) is 9.06. The first-order chi connectivity index (χ1) is 21.9. The fourth-order valence-corrected chi connectivity index (χ4v) is 6.52. The minimum absolute atomic E-state index is 0.0109. The lowest BCUT2D eigenvalue weighted by atomic mass is 10.1. The molecule has 0 unspecified atom stereocenters. The van der Waals surface area contributed by atoms with Crippen LogP contribution in [0.4, 0.5) is 36.3 Å². The van der Waals surface area contributed by atoms with E-state index in [4.69, 9.17) is 13.8 Å². The molecule has 0 radical (unpaired) electrons. The summed E-state index contributed by atoms with van der Waals surface area (Å²) in [5.41, 5.74) is 1.30. The number of aryl methyl sites for hydroxylation is 1. The smallest absolute Gasteiger partial charge is 0.421 e. The molecular weight excluding hydrogens is 628 g/mol. The predicted molar refractivity (Wildman–Crippen MR) is 164 cm³/mol. The Morgan fingerprint density at radius 2 is 1.93 bits per heavy atom. The molecule has 0 saturated carbocycles. The van der Waals surface area contributed by atoms with Crippen LogP contribution in [0.2, 0.25) is 0 Å². The summed E-state index contributed by atoms with van der Waals surface area (Å²) in [6.07, 6.45) is -2.19. The minimum atomic E-state index is -4.83. The van der Waals surface area contributed by atoms with Gasteiger partial charge < -0.3 is 29.7 Å². The number of hydrogen-bond acceptors (Lipinski definition) is 11. The van der Waals surface area contributed by atoms with Crippen LogP contribution in [-0.4, -0.2) is 58.0 Å². The Kier molecular flexibility index (Phi) is 9.60. The second-order valence-electron chi connectivity index (χ2n) is 10.2. The van der Waals surface area contributed by atoms with E-state index >= 15 is 0 Å². The molecule has 8 bridgehead atoms. The number of carbonyl (C=O) groups excluding carboxylic acids is 1. The summed E-state index contributed by atoms with van der Waals surface area (Å²) < 4.78 is 74.4. The van der Waals surface area contributed by atoms with E-state index in [2.05, 4.69) is 36.0 Å². The summed E-state index contributed by atoms with van der Waals surface area (Å²) in [5, 5.41) is 12.4. The molecule has 0 aliphatic carbocycles. The van der Waals surface area contributed by atoms with Gasteiger partial charge in [-0.3, -0.25) is 14.0 Å². The monoisotopic (exact) mass is 660 g/mol. The van der Waals surface area contributed by atoms with Crippen LogP contribution in [0.25, 0.3) is 11.3 Å². The van der Waals surface area contributed by atoms with Crippen molar-refractivity contribution in [2.45, 2.75) is 39.2 Å². The number of nitrogens with one attached hydrogen (secondary N) is 3. The number of ether oxygens (including phenoxy) is 1. The maximum Gasteiger partial charge on any atom is 0.421 e. The van der Waals surface area contributed by atoms with Gasteiger partial charge in [-0.1, -0.05) is 6.07 Å². The molecule has 4 aliphatic rings. The highest BCUT2D eigenvalue weighted by Gasteiger charge is 2.36. The van der Waals surface area contributed by atoms with E-state index in [0.29, 0.717) is 41.7 Å². The van der Waals surface area contributed by atoms with Crippen molar-refractivity contribution < 1.29 is 36.3 Å². The van der Waals surface area contributed by atoms with Gasteiger partial charge in [-0.05, 0) is 50.1 Å². The Morgan fingerprint density at radius 3 is 2.65 bits per heavy atom. The molecule has 17 heteroatoms. The molecule has 4 aromatic rings. The first-order valence-corrected chi connectivity index (χ1v) is 16.0. The normalized spacial score (nSPS) is 16.9. The average molecular weight is 661 g/mol. The second kappa shape index (κ2) is 13.4. The zero-order valence-electron chi connectivity index (χ0n) is 25.4. The van der Waals surface area contributed by atoms with Crippen molar-refractivity contribution in [3.05, 3.63) is 65.2 Å². The van der Waals surface area contributed by atoms with Crippen molar-refractivity contribution >= 4 is 36.6 Å². The van der Waals surface area contributed by atoms with Gasteiger partial charge in [0, 0.05) is 31.0 Å². The molecule has 1 atom stereocenters. The molecular formula is C29H32F3N8O5P. The van der Waals surface area contributed by atoms with E-state index in [1.807, 2.05) is 6.92 Å². The first kappa shape index (κ1) is 32.9. The van der Waals surface area contributed by atoms with Crippen LogP contribution in [0.3, 0.4) is 0 Å². The highest BCUT2D eigenvalue weighted by Crippen LogP contribution is 2.52. The molecule has 0 spiro atoms. The summed E-state index contributed by atoms with van der Waals surface area (Å²) in [6, 6.07) is 7.88. The van der Waals surface area contributed by atoms with Gasteiger partial charge in [-0.25, -0.2) is 9.97 Å². The third-order valence-electron chi connectivity index (χ3n) is 7.08. The van der Waals surface area contributed by atoms with Gasteiger partial charge in [0.15, 0.2) is 5.69 Å². The summed E-state index contributed by atoms with van der Waals surface area (Å²) in [6.45, 7) is 4.26. The molecule has 1 amide bonds. The first-order valence-electron chi connectivity index (χ1n) is 14.2. The number of aromatic nitrogens is 5. The van der Waals surface area contributed by atoms with Gasteiger partial charge in [0.1, 0.15) is 17.1 Å². The molecule has 8 rings (SSSR count). The number of alkyl halides is 3. The molecule has 1 aromatic carbocycles. The van der Waals surface area contributed by atoms with Crippen LogP contribution >= 0.6 is 7.60 Å². The Bertz CT molecular complexity index is 1800. The van der Waals surface area contributed by atoms with Crippen molar-refractivity contribution in [1.82, 2.24) is 30.0 Å². The maximum absolute atomic E-state index is 14.1. The van der Waals surface area contributed by atoms with Gasteiger partial charge >= 0.3 is 13.8 Å². The van der Waals surface area contributed by atoms with Crippen molar-refractivity contribution in [1.29, 1.82) is 0 Å². The zero-order chi connectivity index (χ0) is 33.1. The molecule has 3 aromatic heterocycles. The number of benzene rings is 1. The third kappa shape index (κ3) is 7.14. The van der Waals surface area contributed by atoms with Gasteiger partial charge in [-0.2, -0.15) is 23.3 Å². The van der Waals surface area contributed by atoms with E-state index in [-0.39, 0.29) is 42.5 Å². The Balaban J connectivity index is 1.64. The number of nitrogens with zero attached hydrogens (tertiary/aromatic N) is 5. The van der Waals surface area contributed by atoms with Crippen LogP contribution < -0.4 is 20.7 Å². The van der Waals surface area contributed by atoms with E-state index in [9.17, 15) is 22.5 Å². The highest BCUT2D eigenvalue weighted by molar-refractivity contribution is 7.53. The SMILES string of the molecule is CCO[P@@]1(=O)Cc2ccc(c(OC)c2)Nc2ncc(C(F)(F)F)c(n2)Nc2ccc(nc2C(=O)NC)-c2cnn(c2C)CCCO1. The number of anilines is 4. The number of methoxy groups -OCH3 is 1. The number of halogens is 3. The summed E-state index contributed by atoms with van der Waals surface area (Å²) >= 11 is 0. The standard InChI is InChI=1S/C29H32F3N8O5P/c1-5-44-46(42)16-18-7-8-22(24(13-18)43-4)38-28-34-15-20(29(30,31)32)26(39-28)37-23-10-9-21(36-25(23)27(41)33-3)19-14-35-40(17(19)2)11-6-12-45-46/h7-10,13-15H,5-6,11-12,16H2,1-4H3,(H,33,41)(H2,34,37,38,39)/t46-/m0/s1. The van der Waals surface area contributed by atoms with Gasteiger partial charge in [0.05, 0.1) is 49.8 Å². The Hall–Kier alpha value is -4.53. The van der Waals surface area contributed by atoms with Gasteiger partial charge in [0.2, 0.25) is 5.95 Å². The van der Waals surface area contributed by atoms with Crippen LogP contribution in [0.1, 0.15) is 40.7 Å². The molecule has 0 saturated heterocycles. The minimum Gasteiger partial charge on any atom is -0.495 e. The number of amides is 1. The maximum atomic E-state index is 14.1. The average Bonchev–Trinajstić information content (AvgIpc) is 3.38. The summed E-state index contributed by atoms with van der Waals surface area (Å²) in [7, 11) is -0.765. The molecule has 7 heterocycles. The highest BCUT2D eigenvalue weighted by atomic mass is 31.2. The Labute approximate surface area is 262 Å². The van der Waals surface area contributed by atoms with E-state index in [1.165, 1.54) is 20.2 Å². The van der Waals surface area contributed by atoms with Gasteiger partial charge in [-0.15, -0.1) is 0 Å². The van der Waals surface area contributed by atoms with Crippen LogP contribution in [-0.2, 0) is 32.5 Å².